The van der Waals surface area contributed by atoms with E-state index in [1.165, 1.54) is 6.07 Å². The number of aromatic nitrogens is 1. The third kappa shape index (κ3) is 4.54. The van der Waals surface area contributed by atoms with E-state index in [9.17, 15) is 9.59 Å². The van der Waals surface area contributed by atoms with Gasteiger partial charge in [-0.2, -0.15) is 0 Å². The molecule has 0 bridgehead atoms. The minimum Gasteiger partial charge on any atom is -0.476 e. The lowest BCUT2D eigenvalue weighted by Crippen LogP contribution is -2.35. The first-order valence-corrected chi connectivity index (χ1v) is 5.58. The number of nitrogens with two attached hydrogens (primary N) is 1. The highest BCUT2D eigenvalue weighted by atomic mass is 16.5. The molecule has 0 fully saturated rings. The molecule has 0 aliphatic rings. The maximum Gasteiger partial charge on any atom is 0.358 e. The van der Waals surface area contributed by atoms with Crippen molar-refractivity contribution in [3.63, 3.8) is 0 Å². The monoisotopic (exact) mass is 255 g/mol. The number of primary amides is 1. The van der Waals surface area contributed by atoms with Crippen LogP contribution in [0.3, 0.4) is 0 Å². The summed E-state index contributed by atoms with van der Waals surface area (Å²) in [6.07, 6.45) is 0. The van der Waals surface area contributed by atoms with Crippen LogP contribution < -0.4 is 5.73 Å². The summed E-state index contributed by atoms with van der Waals surface area (Å²) in [5.74, 6) is -0.829. The lowest BCUT2D eigenvalue weighted by atomic mass is 10.2. The Morgan fingerprint density at radius 1 is 1.56 bits per heavy atom. The van der Waals surface area contributed by atoms with Crippen molar-refractivity contribution in [1.82, 2.24) is 10.1 Å². The normalized spacial score (nSPS) is 11.1. The van der Waals surface area contributed by atoms with Crippen LogP contribution in [-0.4, -0.2) is 40.1 Å². The number of carbonyl (C=O) groups is 2. The van der Waals surface area contributed by atoms with Gasteiger partial charge < -0.3 is 15.4 Å². The fourth-order valence-electron chi connectivity index (χ4n) is 1.63. The van der Waals surface area contributed by atoms with Gasteiger partial charge in [0.15, 0.2) is 11.5 Å². The average Bonchev–Trinajstić information content (AvgIpc) is 2.63. The van der Waals surface area contributed by atoms with E-state index < -0.39 is 11.9 Å². The zero-order valence-electron chi connectivity index (χ0n) is 10.4. The highest BCUT2D eigenvalue weighted by Crippen LogP contribution is 2.09. The number of carboxylic acid groups (broad SMARTS) is 1. The predicted molar refractivity (Wildman–Crippen MR) is 62.8 cm³/mol. The third-order valence-corrected chi connectivity index (χ3v) is 2.16. The summed E-state index contributed by atoms with van der Waals surface area (Å²) in [6.45, 7) is 5.09. The fourth-order valence-corrected chi connectivity index (χ4v) is 1.63. The highest BCUT2D eigenvalue weighted by molar-refractivity contribution is 5.85. The van der Waals surface area contributed by atoms with Gasteiger partial charge in [0.25, 0.3) is 0 Å². The van der Waals surface area contributed by atoms with Crippen molar-refractivity contribution < 1.29 is 19.2 Å². The van der Waals surface area contributed by atoms with Crippen LogP contribution in [0.5, 0.6) is 0 Å². The second-order valence-corrected chi connectivity index (χ2v) is 4.51. The molecule has 1 aromatic rings. The Hall–Kier alpha value is -1.89. The molecule has 100 valence electrons. The molecule has 0 unspecified atom stereocenters. The van der Waals surface area contributed by atoms with Crippen molar-refractivity contribution in [3.8, 4) is 0 Å². The summed E-state index contributed by atoms with van der Waals surface area (Å²) in [5.41, 5.74) is 5.01. The van der Waals surface area contributed by atoms with Crippen LogP contribution in [0, 0.1) is 5.92 Å². The van der Waals surface area contributed by atoms with E-state index in [2.05, 4.69) is 5.16 Å². The van der Waals surface area contributed by atoms with Crippen molar-refractivity contribution in [2.45, 2.75) is 20.4 Å². The predicted octanol–water partition coefficient (Wildman–Crippen LogP) is 0.316. The van der Waals surface area contributed by atoms with E-state index in [0.29, 0.717) is 24.8 Å². The first-order chi connectivity index (χ1) is 8.38. The van der Waals surface area contributed by atoms with Gasteiger partial charge in [-0.15, -0.1) is 0 Å². The molecule has 1 heterocycles. The first-order valence-electron chi connectivity index (χ1n) is 5.58. The number of aromatic carboxylic acids is 1. The Labute approximate surface area is 105 Å². The number of amides is 1. The molecular formula is C11H17N3O4. The Balaban J connectivity index is 2.68. The molecular weight excluding hydrogens is 238 g/mol. The molecule has 1 amide bonds. The van der Waals surface area contributed by atoms with Crippen molar-refractivity contribution in [3.05, 3.63) is 17.5 Å². The summed E-state index contributed by atoms with van der Waals surface area (Å²) in [4.78, 5) is 23.4. The average molecular weight is 255 g/mol. The van der Waals surface area contributed by atoms with Gasteiger partial charge >= 0.3 is 5.97 Å². The van der Waals surface area contributed by atoms with Gasteiger partial charge in [0.05, 0.1) is 13.1 Å². The van der Waals surface area contributed by atoms with E-state index in [0.717, 1.165) is 0 Å². The molecule has 18 heavy (non-hydrogen) atoms. The molecule has 1 rings (SSSR count). The summed E-state index contributed by atoms with van der Waals surface area (Å²) >= 11 is 0. The maximum absolute atomic E-state index is 10.9. The zero-order chi connectivity index (χ0) is 13.7. The summed E-state index contributed by atoms with van der Waals surface area (Å²) < 4.78 is 4.89. The molecule has 7 heteroatoms. The number of hydrogen-bond acceptors (Lipinski definition) is 5. The van der Waals surface area contributed by atoms with Gasteiger partial charge in [-0.1, -0.05) is 19.0 Å². The summed E-state index contributed by atoms with van der Waals surface area (Å²) in [5, 5.41) is 12.1. The number of hydrogen-bond donors (Lipinski definition) is 2. The molecule has 0 aromatic carbocycles. The van der Waals surface area contributed by atoms with E-state index in [4.69, 9.17) is 15.4 Å². The van der Waals surface area contributed by atoms with Crippen LogP contribution in [0.4, 0.5) is 0 Å². The van der Waals surface area contributed by atoms with Crippen LogP contribution >= 0.6 is 0 Å². The largest absolute Gasteiger partial charge is 0.476 e. The van der Waals surface area contributed by atoms with E-state index >= 15 is 0 Å². The lowest BCUT2D eigenvalue weighted by molar-refractivity contribution is -0.119. The van der Waals surface area contributed by atoms with Gasteiger partial charge in [0, 0.05) is 12.6 Å². The molecule has 0 atom stereocenters. The fraction of sp³-hybridized carbons (Fsp3) is 0.545. The molecule has 3 N–H and O–H groups in total. The Morgan fingerprint density at radius 3 is 2.67 bits per heavy atom. The minimum absolute atomic E-state index is 0.0985. The van der Waals surface area contributed by atoms with Gasteiger partial charge in [0.2, 0.25) is 5.91 Å². The topological polar surface area (TPSA) is 110 Å². The quantitative estimate of drug-likeness (QED) is 0.725. The molecule has 0 spiro atoms. The van der Waals surface area contributed by atoms with Gasteiger partial charge in [-0.05, 0) is 5.92 Å². The van der Waals surface area contributed by atoms with Crippen LogP contribution in [0.15, 0.2) is 10.6 Å². The van der Waals surface area contributed by atoms with E-state index in [1.807, 2.05) is 13.8 Å². The summed E-state index contributed by atoms with van der Waals surface area (Å²) in [7, 11) is 0. The Bertz CT molecular complexity index is 428. The molecule has 0 radical (unpaired) electrons. The van der Waals surface area contributed by atoms with Gasteiger partial charge in [-0.3, -0.25) is 9.69 Å². The van der Waals surface area contributed by atoms with Crippen molar-refractivity contribution >= 4 is 11.9 Å². The molecule has 0 saturated carbocycles. The van der Waals surface area contributed by atoms with Crippen LogP contribution in [0.2, 0.25) is 0 Å². The number of rotatable bonds is 7. The smallest absolute Gasteiger partial charge is 0.358 e. The third-order valence-electron chi connectivity index (χ3n) is 2.16. The second-order valence-electron chi connectivity index (χ2n) is 4.51. The first kappa shape index (κ1) is 14.2. The van der Waals surface area contributed by atoms with Crippen molar-refractivity contribution in [1.29, 1.82) is 0 Å². The number of nitrogens with zero attached hydrogens (tertiary/aromatic N) is 2. The second kappa shape index (κ2) is 6.15. The van der Waals surface area contributed by atoms with Crippen molar-refractivity contribution in [2.75, 3.05) is 13.1 Å². The molecule has 0 aliphatic heterocycles. The van der Waals surface area contributed by atoms with E-state index in [1.54, 1.807) is 4.90 Å². The molecule has 0 aliphatic carbocycles. The molecule has 1 aromatic heterocycles. The Kier molecular flexibility index (Phi) is 4.85. The lowest BCUT2D eigenvalue weighted by Gasteiger charge is -2.21. The SMILES string of the molecule is CC(C)CN(CC(N)=O)Cc1cc(C(=O)O)no1. The molecule has 7 nitrogen and oxygen atoms in total. The summed E-state index contributed by atoms with van der Waals surface area (Å²) in [6, 6.07) is 1.34. The van der Waals surface area contributed by atoms with Gasteiger partial charge in [-0.25, -0.2) is 4.79 Å². The van der Waals surface area contributed by atoms with Crippen LogP contribution in [-0.2, 0) is 11.3 Å². The van der Waals surface area contributed by atoms with Crippen LogP contribution in [0.1, 0.15) is 30.1 Å². The number of carboxylic acids is 1. The number of carbonyl (C=O) groups excluding carboxylic acids is 1. The maximum atomic E-state index is 10.9. The Morgan fingerprint density at radius 2 is 2.22 bits per heavy atom. The molecule has 0 saturated heterocycles. The van der Waals surface area contributed by atoms with Crippen LogP contribution in [0.25, 0.3) is 0 Å². The van der Waals surface area contributed by atoms with E-state index in [-0.39, 0.29) is 12.2 Å². The standard InChI is InChI=1S/C11H17N3O4/c1-7(2)4-14(6-10(12)15)5-8-3-9(11(16)17)13-18-8/h3,7H,4-6H2,1-2H3,(H2,12,15)(H,16,17). The highest BCUT2D eigenvalue weighted by Gasteiger charge is 2.16. The minimum atomic E-state index is -1.14. The van der Waals surface area contributed by atoms with Crippen molar-refractivity contribution in [2.24, 2.45) is 11.7 Å². The zero-order valence-corrected chi connectivity index (χ0v) is 10.4. The van der Waals surface area contributed by atoms with Gasteiger partial charge in [0.1, 0.15) is 0 Å².